The Balaban J connectivity index is 1.52. The molecule has 6 nitrogen and oxygen atoms in total. The number of amides is 3. The second kappa shape index (κ2) is 8.31. The monoisotopic (exact) mass is 372 g/mol. The zero-order chi connectivity index (χ0) is 18.5. The summed E-state index contributed by atoms with van der Waals surface area (Å²) in [6.45, 7) is 6.01. The molecule has 0 saturated carbocycles. The molecule has 0 spiro atoms. The Morgan fingerprint density at radius 1 is 1.15 bits per heavy atom. The van der Waals surface area contributed by atoms with E-state index in [0.29, 0.717) is 28.3 Å². The molecule has 7 heteroatoms. The van der Waals surface area contributed by atoms with E-state index in [-0.39, 0.29) is 18.4 Å². The van der Waals surface area contributed by atoms with Crippen LogP contribution in [0, 0.1) is 11.8 Å². The van der Waals surface area contributed by atoms with Crippen LogP contribution in [0.3, 0.4) is 0 Å². The maximum absolute atomic E-state index is 12.5. The number of para-hydroxylation sites is 1. The number of urea groups is 1. The van der Waals surface area contributed by atoms with Crippen molar-refractivity contribution in [3.05, 3.63) is 41.4 Å². The highest BCUT2D eigenvalue weighted by Gasteiger charge is 2.25. The number of rotatable bonds is 4. The van der Waals surface area contributed by atoms with Crippen molar-refractivity contribution in [2.24, 2.45) is 11.8 Å². The van der Waals surface area contributed by atoms with Crippen LogP contribution in [-0.4, -0.2) is 34.9 Å². The van der Waals surface area contributed by atoms with Gasteiger partial charge in [0, 0.05) is 24.2 Å². The molecule has 1 fully saturated rings. The van der Waals surface area contributed by atoms with E-state index in [9.17, 15) is 9.59 Å². The number of nitrogens with one attached hydrogen (secondary N) is 2. The van der Waals surface area contributed by atoms with Crippen molar-refractivity contribution in [3.63, 3.8) is 0 Å². The van der Waals surface area contributed by atoms with E-state index < -0.39 is 0 Å². The van der Waals surface area contributed by atoms with Gasteiger partial charge in [0.05, 0.1) is 12.1 Å². The molecule has 0 bridgehead atoms. The quantitative estimate of drug-likeness (QED) is 0.856. The van der Waals surface area contributed by atoms with E-state index in [2.05, 4.69) is 29.5 Å². The fraction of sp³-hybridized carbons (Fsp3) is 0.421. The molecule has 1 aromatic heterocycles. The Morgan fingerprint density at radius 2 is 1.85 bits per heavy atom. The van der Waals surface area contributed by atoms with Crippen LogP contribution in [0.4, 0.5) is 15.6 Å². The number of piperidine rings is 1. The summed E-state index contributed by atoms with van der Waals surface area (Å²) in [4.78, 5) is 30.8. The molecule has 2 heterocycles. The lowest BCUT2D eigenvalue weighted by Crippen LogP contribution is -2.43. The molecular formula is C19H24N4O2S. The van der Waals surface area contributed by atoms with Crippen molar-refractivity contribution >= 4 is 34.1 Å². The summed E-state index contributed by atoms with van der Waals surface area (Å²) in [5.74, 6) is 1.18. The van der Waals surface area contributed by atoms with Crippen molar-refractivity contribution in [3.8, 4) is 0 Å². The summed E-state index contributed by atoms with van der Waals surface area (Å²) < 4.78 is 0. The first-order valence-electron chi connectivity index (χ1n) is 8.85. The zero-order valence-electron chi connectivity index (χ0n) is 15.1. The Kier molecular flexibility index (Phi) is 5.88. The van der Waals surface area contributed by atoms with Crippen molar-refractivity contribution in [1.29, 1.82) is 0 Å². The third kappa shape index (κ3) is 5.05. The Labute approximate surface area is 157 Å². The summed E-state index contributed by atoms with van der Waals surface area (Å²) in [6, 6.07) is 8.87. The fourth-order valence-electron chi connectivity index (χ4n) is 3.36. The molecule has 0 aliphatic carbocycles. The SMILES string of the molecule is CC1CC(C)CN(C(=O)Cc2csc(NC(=O)Nc3ccccc3)n2)C1. The largest absolute Gasteiger partial charge is 0.342 e. The third-order valence-electron chi connectivity index (χ3n) is 4.36. The van der Waals surface area contributed by atoms with E-state index in [4.69, 9.17) is 0 Å². The van der Waals surface area contributed by atoms with Gasteiger partial charge in [0.25, 0.3) is 0 Å². The minimum Gasteiger partial charge on any atom is -0.342 e. The van der Waals surface area contributed by atoms with Gasteiger partial charge in [-0.2, -0.15) is 0 Å². The smallest absolute Gasteiger partial charge is 0.325 e. The lowest BCUT2D eigenvalue weighted by molar-refractivity contribution is -0.133. The second-order valence-electron chi connectivity index (χ2n) is 7.01. The van der Waals surface area contributed by atoms with Crippen LogP contribution in [0.1, 0.15) is 26.0 Å². The summed E-state index contributed by atoms with van der Waals surface area (Å²) in [5, 5.41) is 7.77. The van der Waals surface area contributed by atoms with Crippen molar-refractivity contribution in [2.75, 3.05) is 23.7 Å². The van der Waals surface area contributed by atoms with E-state index >= 15 is 0 Å². The molecule has 3 rings (SSSR count). The van der Waals surface area contributed by atoms with Gasteiger partial charge in [-0.05, 0) is 30.4 Å². The number of aromatic nitrogens is 1. The summed E-state index contributed by atoms with van der Waals surface area (Å²) in [6.07, 6.45) is 1.45. The number of likely N-dealkylation sites (tertiary alicyclic amines) is 1. The molecule has 2 atom stereocenters. The molecule has 2 aromatic rings. The van der Waals surface area contributed by atoms with E-state index in [1.54, 1.807) is 0 Å². The molecule has 1 saturated heterocycles. The summed E-state index contributed by atoms with van der Waals surface area (Å²) in [7, 11) is 0. The van der Waals surface area contributed by atoms with Crippen LogP contribution in [0.15, 0.2) is 35.7 Å². The van der Waals surface area contributed by atoms with Crippen LogP contribution < -0.4 is 10.6 Å². The van der Waals surface area contributed by atoms with Gasteiger partial charge in [-0.25, -0.2) is 9.78 Å². The fourth-order valence-corrected chi connectivity index (χ4v) is 4.07. The minimum absolute atomic E-state index is 0.106. The lowest BCUT2D eigenvalue weighted by Gasteiger charge is -2.35. The van der Waals surface area contributed by atoms with Gasteiger partial charge in [0.15, 0.2) is 5.13 Å². The average molecular weight is 372 g/mol. The van der Waals surface area contributed by atoms with Crippen LogP contribution in [-0.2, 0) is 11.2 Å². The molecule has 2 N–H and O–H groups in total. The van der Waals surface area contributed by atoms with Crippen molar-refractivity contribution in [1.82, 2.24) is 9.88 Å². The highest BCUT2D eigenvalue weighted by Crippen LogP contribution is 2.22. The van der Waals surface area contributed by atoms with Crippen molar-refractivity contribution < 1.29 is 9.59 Å². The molecular weight excluding hydrogens is 348 g/mol. The van der Waals surface area contributed by atoms with Gasteiger partial charge in [0.1, 0.15) is 0 Å². The Hall–Kier alpha value is -2.41. The molecule has 1 aliphatic rings. The van der Waals surface area contributed by atoms with Crippen molar-refractivity contribution in [2.45, 2.75) is 26.7 Å². The molecule has 1 aromatic carbocycles. The van der Waals surface area contributed by atoms with E-state index in [1.807, 2.05) is 40.6 Å². The standard InChI is InChI=1S/C19H24N4O2S/c1-13-8-14(2)11-23(10-13)17(24)9-16-12-26-19(21-16)22-18(25)20-15-6-4-3-5-7-15/h3-7,12-14H,8-11H2,1-2H3,(H2,20,21,22,25). The lowest BCUT2D eigenvalue weighted by atomic mass is 9.92. The van der Waals surface area contributed by atoms with Gasteiger partial charge in [-0.15, -0.1) is 11.3 Å². The number of thiazole rings is 1. The topological polar surface area (TPSA) is 74.3 Å². The maximum atomic E-state index is 12.5. The normalized spacial score (nSPS) is 19.8. The van der Waals surface area contributed by atoms with E-state index in [1.165, 1.54) is 17.8 Å². The molecule has 1 aliphatic heterocycles. The predicted octanol–water partition coefficient (Wildman–Crippen LogP) is 3.83. The van der Waals surface area contributed by atoms with Crippen LogP contribution in [0.25, 0.3) is 0 Å². The van der Waals surface area contributed by atoms with Gasteiger partial charge in [-0.1, -0.05) is 32.0 Å². The van der Waals surface area contributed by atoms with E-state index in [0.717, 1.165) is 13.1 Å². The second-order valence-corrected chi connectivity index (χ2v) is 7.87. The van der Waals surface area contributed by atoms with Crippen LogP contribution in [0.2, 0.25) is 0 Å². The predicted molar refractivity (Wildman–Crippen MR) is 104 cm³/mol. The summed E-state index contributed by atoms with van der Waals surface area (Å²) in [5.41, 5.74) is 1.41. The molecule has 26 heavy (non-hydrogen) atoms. The molecule has 3 amide bonds. The number of carbonyl (C=O) groups is 2. The first-order chi connectivity index (χ1) is 12.5. The zero-order valence-corrected chi connectivity index (χ0v) is 15.9. The first-order valence-corrected chi connectivity index (χ1v) is 9.73. The van der Waals surface area contributed by atoms with Crippen LogP contribution in [0.5, 0.6) is 0 Å². The summed E-state index contributed by atoms with van der Waals surface area (Å²) >= 11 is 1.32. The Morgan fingerprint density at radius 3 is 2.54 bits per heavy atom. The highest BCUT2D eigenvalue weighted by molar-refractivity contribution is 7.14. The van der Waals surface area contributed by atoms with Crippen LogP contribution >= 0.6 is 11.3 Å². The van der Waals surface area contributed by atoms with Gasteiger partial charge in [0.2, 0.25) is 5.91 Å². The minimum atomic E-state index is -0.345. The number of anilines is 2. The number of hydrogen-bond acceptors (Lipinski definition) is 4. The average Bonchev–Trinajstić information content (AvgIpc) is 3.01. The third-order valence-corrected chi connectivity index (χ3v) is 5.16. The maximum Gasteiger partial charge on any atom is 0.325 e. The Bertz CT molecular complexity index is 752. The number of nitrogens with zero attached hydrogens (tertiary/aromatic N) is 2. The number of carbonyl (C=O) groups excluding carboxylic acids is 2. The highest BCUT2D eigenvalue weighted by atomic mass is 32.1. The molecule has 138 valence electrons. The molecule has 2 unspecified atom stereocenters. The number of hydrogen-bond donors (Lipinski definition) is 2. The van der Waals surface area contributed by atoms with Gasteiger partial charge >= 0.3 is 6.03 Å². The molecule has 0 radical (unpaired) electrons. The number of benzene rings is 1. The van der Waals surface area contributed by atoms with Gasteiger partial charge < -0.3 is 10.2 Å². The first kappa shape index (κ1) is 18.4. The van der Waals surface area contributed by atoms with Gasteiger partial charge in [-0.3, -0.25) is 10.1 Å².